The summed E-state index contributed by atoms with van der Waals surface area (Å²) in [6.45, 7) is 2.81. The van der Waals surface area contributed by atoms with Gasteiger partial charge in [-0.2, -0.15) is 0 Å². The fraction of sp³-hybridized carbons (Fsp3) is 0.158. The Morgan fingerprint density at radius 3 is 2.62 bits per heavy atom. The number of carbonyl (C=O) groups excluding carboxylic acids is 1. The van der Waals surface area contributed by atoms with E-state index in [-0.39, 0.29) is 11.7 Å². The maximum atomic E-state index is 12.9. The second-order valence-corrected chi connectivity index (χ2v) is 8.06. The number of thioether (sulfide) groups is 1. The largest absolute Gasteiger partial charge is 0.488 e. The van der Waals surface area contributed by atoms with Crippen LogP contribution in [0.4, 0.5) is 4.39 Å². The first-order valence-corrected chi connectivity index (χ1v) is 9.92. The van der Waals surface area contributed by atoms with E-state index in [1.54, 1.807) is 17.0 Å². The lowest BCUT2D eigenvalue weighted by Crippen LogP contribution is -2.27. The Hall–Kier alpha value is -1.70. The summed E-state index contributed by atoms with van der Waals surface area (Å²) in [5.41, 5.74) is 1.76. The minimum atomic E-state index is -0.271. The summed E-state index contributed by atoms with van der Waals surface area (Å²) in [4.78, 5) is 14.5. The summed E-state index contributed by atoms with van der Waals surface area (Å²) in [5.74, 6) is 0.343. The molecule has 1 aliphatic rings. The number of nitrogens with zero attached hydrogens (tertiary/aromatic N) is 1. The molecule has 1 amide bonds. The van der Waals surface area contributed by atoms with E-state index in [4.69, 9.17) is 17.0 Å². The van der Waals surface area contributed by atoms with Crippen molar-refractivity contribution in [3.8, 4) is 5.75 Å². The number of hydrogen-bond donors (Lipinski definition) is 0. The zero-order chi connectivity index (χ0) is 18.7. The predicted molar refractivity (Wildman–Crippen MR) is 110 cm³/mol. The minimum Gasteiger partial charge on any atom is -0.488 e. The van der Waals surface area contributed by atoms with E-state index in [2.05, 4.69) is 15.9 Å². The molecule has 7 heteroatoms. The summed E-state index contributed by atoms with van der Waals surface area (Å²) in [5, 5.41) is 0. The van der Waals surface area contributed by atoms with Crippen molar-refractivity contribution in [2.75, 3.05) is 6.54 Å². The van der Waals surface area contributed by atoms with Crippen molar-refractivity contribution >= 4 is 56.2 Å². The molecule has 26 heavy (non-hydrogen) atoms. The molecule has 0 N–H and O–H groups in total. The van der Waals surface area contributed by atoms with E-state index in [9.17, 15) is 9.18 Å². The number of rotatable bonds is 5. The number of carbonyl (C=O) groups is 1. The number of likely N-dealkylation sites (N-methyl/N-ethyl adjacent to an activating group) is 1. The number of benzene rings is 2. The van der Waals surface area contributed by atoms with Crippen molar-refractivity contribution < 1.29 is 13.9 Å². The van der Waals surface area contributed by atoms with Crippen LogP contribution in [0.3, 0.4) is 0 Å². The van der Waals surface area contributed by atoms with Gasteiger partial charge in [0.2, 0.25) is 0 Å². The van der Waals surface area contributed by atoms with E-state index in [1.165, 1.54) is 23.9 Å². The standard InChI is InChI=1S/C19H15BrFNO2S2/c1-2-22-18(23)17(26-19(22)25)10-13-5-8-16(15(20)9-13)24-11-12-3-6-14(21)7-4-12/h3-10H,2,11H2,1H3. The number of ether oxygens (including phenoxy) is 1. The van der Waals surface area contributed by atoms with Crippen LogP contribution in [-0.4, -0.2) is 21.7 Å². The van der Waals surface area contributed by atoms with Crippen LogP contribution in [0.25, 0.3) is 6.08 Å². The average molecular weight is 452 g/mol. The molecule has 0 atom stereocenters. The lowest BCUT2D eigenvalue weighted by atomic mass is 10.2. The smallest absolute Gasteiger partial charge is 0.266 e. The third-order valence-corrected chi connectivity index (χ3v) is 5.75. The lowest BCUT2D eigenvalue weighted by molar-refractivity contribution is -0.121. The molecule has 2 aromatic rings. The molecule has 0 spiro atoms. The Morgan fingerprint density at radius 1 is 1.27 bits per heavy atom. The Labute approximate surface area is 169 Å². The molecule has 0 aliphatic carbocycles. The third kappa shape index (κ3) is 4.34. The van der Waals surface area contributed by atoms with Gasteiger partial charge in [0, 0.05) is 6.54 Å². The first kappa shape index (κ1) is 19.1. The minimum absolute atomic E-state index is 0.0599. The van der Waals surface area contributed by atoms with E-state index in [1.807, 2.05) is 31.2 Å². The first-order valence-electron chi connectivity index (χ1n) is 7.90. The van der Waals surface area contributed by atoms with Crippen LogP contribution in [0, 0.1) is 5.82 Å². The van der Waals surface area contributed by atoms with Crippen LogP contribution >= 0.6 is 39.9 Å². The molecule has 0 saturated carbocycles. The summed E-state index contributed by atoms with van der Waals surface area (Å²) >= 11 is 10.0. The van der Waals surface area contributed by atoms with Crippen molar-refractivity contribution in [3.05, 3.63) is 68.8 Å². The molecule has 0 radical (unpaired) electrons. The Morgan fingerprint density at radius 2 is 2.00 bits per heavy atom. The van der Waals surface area contributed by atoms with Crippen LogP contribution in [0.1, 0.15) is 18.1 Å². The highest BCUT2D eigenvalue weighted by atomic mass is 79.9. The zero-order valence-electron chi connectivity index (χ0n) is 13.9. The molecule has 1 saturated heterocycles. The molecular weight excluding hydrogens is 437 g/mol. The molecular formula is C19H15BrFNO2S2. The zero-order valence-corrected chi connectivity index (χ0v) is 17.1. The van der Waals surface area contributed by atoms with Gasteiger partial charge >= 0.3 is 0 Å². The highest BCUT2D eigenvalue weighted by molar-refractivity contribution is 9.10. The normalized spacial score (nSPS) is 15.8. The maximum Gasteiger partial charge on any atom is 0.266 e. The van der Waals surface area contributed by atoms with Gasteiger partial charge in [-0.1, -0.05) is 42.2 Å². The summed E-state index contributed by atoms with van der Waals surface area (Å²) < 4.78 is 20.1. The van der Waals surface area contributed by atoms with Crippen molar-refractivity contribution in [1.29, 1.82) is 0 Å². The van der Waals surface area contributed by atoms with Gasteiger partial charge in [-0.3, -0.25) is 9.69 Å². The second-order valence-electron chi connectivity index (χ2n) is 5.53. The Kier molecular flexibility index (Phi) is 6.11. The number of thiocarbonyl (C=S) groups is 1. The van der Waals surface area contributed by atoms with Crippen LogP contribution in [0.2, 0.25) is 0 Å². The highest BCUT2D eigenvalue weighted by Gasteiger charge is 2.30. The van der Waals surface area contributed by atoms with Crippen LogP contribution in [0.15, 0.2) is 51.8 Å². The molecule has 1 fully saturated rings. The van der Waals surface area contributed by atoms with Gasteiger partial charge in [0.25, 0.3) is 5.91 Å². The van der Waals surface area contributed by atoms with Gasteiger partial charge in [-0.15, -0.1) is 0 Å². The SMILES string of the molecule is CCN1C(=O)C(=Cc2ccc(OCc3ccc(F)cc3)c(Br)c2)SC1=S. The number of halogens is 2. The molecule has 2 aromatic carbocycles. The first-order chi connectivity index (χ1) is 12.5. The van der Waals surface area contributed by atoms with Gasteiger partial charge in [0.1, 0.15) is 22.5 Å². The quantitative estimate of drug-likeness (QED) is 0.450. The van der Waals surface area contributed by atoms with E-state index >= 15 is 0 Å². The molecule has 0 bridgehead atoms. The van der Waals surface area contributed by atoms with Gasteiger partial charge in [-0.25, -0.2) is 4.39 Å². The molecule has 1 aliphatic heterocycles. The Bertz CT molecular complexity index is 884. The molecule has 0 unspecified atom stereocenters. The molecule has 1 heterocycles. The summed E-state index contributed by atoms with van der Waals surface area (Å²) in [6, 6.07) is 11.8. The van der Waals surface area contributed by atoms with Crippen molar-refractivity contribution in [2.45, 2.75) is 13.5 Å². The average Bonchev–Trinajstić information content (AvgIpc) is 2.88. The van der Waals surface area contributed by atoms with E-state index < -0.39 is 0 Å². The van der Waals surface area contributed by atoms with Gasteiger partial charge < -0.3 is 4.74 Å². The van der Waals surface area contributed by atoms with Gasteiger partial charge in [-0.05, 0) is 64.3 Å². The lowest BCUT2D eigenvalue weighted by Gasteiger charge is -2.10. The Balaban J connectivity index is 1.71. The van der Waals surface area contributed by atoms with Crippen molar-refractivity contribution in [2.24, 2.45) is 0 Å². The summed E-state index contributed by atoms with van der Waals surface area (Å²) in [6.07, 6.45) is 1.82. The molecule has 134 valence electrons. The monoisotopic (exact) mass is 451 g/mol. The van der Waals surface area contributed by atoms with Gasteiger partial charge in [0.15, 0.2) is 0 Å². The number of hydrogen-bond acceptors (Lipinski definition) is 4. The molecule has 3 nitrogen and oxygen atoms in total. The third-order valence-electron chi connectivity index (χ3n) is 3.75. The second kappa shape index (κ2) is 8.33. The molecule has 3 rings (SSSR count). The van der Waals surface area contributed by atoms with Gasteiger partial charge in [0.05, 0.1) is 9.38 Å². The fourth-order valence-corrected chi connectivity index (χ4v) is 4.28. The van der Waals surface area contributed by atoms with Crippen LogP contribution < -0.4 is 4.74 Å². The van der Waals surface area contributed by atoms with E-state index in [0.717, 1.165) is 15.6 Å². The van der Waals surface area contributed by atoms with E-state index in [0.29, 0.717) is 28.1 Å². The maximum absolute atomic E-state index is 12.9. The highest BCUT2D eigenvalue weighted by Crippen LogP contribution is 2.34. The topological polar surface area (TPSA) is 29.5 Å². The number of amides is 1. The van der Waals surface area contributed by atoms with Crippen molar-refractivity contribution in [3.63, 3.8) is 0 Å². The predicted octanol–water partition coefficient (Wildman–Crippen LogP) is 5.39. The van der Waals surface area contributed by atoms with Crippen LogP contribution in [0.5, 0.6) is 5.75 Å². The molecule has 0 aromatic heterocycles. The summed E-state index contributed by atoms with van der Waals surface area (Å²) in [7, 11) is 0. The fourth-order valence-electron chi connectivity index (χ4n) is 2.39. The van der Waals surface area contributed by atoms with Crippen LogP contribution in [-0.2, 0) is 11.4 Å². The van der Waals surface area contributed by atoms with Crippen molar-refractivity contribution in [1.82, 2.24) is 4.90 Å².